The number of aromatic nitrogens is 3. The molecule has 31 heavy (non-hydrogen) atoms. The van der Waals surface area contributed by atoms with E-state index in [9.17, 15) is 4.79 Å². The van der Waals surface area contributed by atoms with Gasteiger partial charge in [0, 0.05) is 31.8 Å². The van der Waals surface area contributed by atoms with Crippen LogP contribution in [-0.4, -0.2) is 52.7 Å². The summed E-state index contributed by atoms with van der Waals surface area (Å²) < 4.78 is 16.3. The van der Waals surface area contributed by atoms with E-state index in [-0.39, 0.29) is 11.8 Å². The molecule has 3 heterocycles. The molecule has 1 unspecified atom stereocenters. The number of amides is 1. The van der Waals surface area contributed by atoms with Gasteiger partial charge in [-0.25, -0.2) is 4.98 Å². The SMILES string of the molecule is COc1ccc(C(=O)N2CCCC(c3nc(CCOc4cccc(C)c4)no3)C2)cn1. The molecule has 2 aromatic heterocycles. The maximum atomic E-state index is 12.8. The van der Waals surface area contributed by atoms with Gasteiger partial charge in [0.05, 0.1) is 25.2 Å². The van der Waals surface area contributed by atoms with E-state index in [0.717, 1.165) is 24.2 Å². The third-order valence-corrected chi connectivity index (χ3v) is 5.32. The zero-order chi connectivity index (χ0) is 21.6. The van der Waals surface area contributed by atoms with Crippen molar-refractivity contribution in [2.24, 2.45) is 0 Å². The fraction of sp³-hybridized carbons (Fsp3) is 0.391. The molecular formula is C23H26N4O4. The Bertz CT molecular complexity index is 1020. The van der Waals surface area contributed by atoms with Crippen LogP contribution in [0.15, 0.2) is 47.1 Å². The van der Waals surface area contributed by atoms with Gasteiger partial charge in [-0.3, -0.25) is 4.79 Å². The molecular weight excluding hydrogens is 396 g/mol. The summed E-state index contributed by atoms with van der Waals surface area (Å²) in [7, 11) is 1.55. The number of hydrogen-bond donors (Lipinski definition) is 0. The van der Waals surface area contributed by atoms with E-state index in [2.05, 4.69) is 15.1 Å². The number of benzene rings is 1. The van der Waals surface area contributed by atoms with Crippen molar-refractivity contribution in [3.05, 3.63) is 65.4 Å². The summed E-state index contributed by atoms with van der Waals surface area (Å²) in [6, 6.07) is 11.3. The highest BCUT2D eigenvalue weighted by atomic mass is 16.5. The summed E-state index contributed by atoms with van der Waals surface area (Å²) in [5.74, 6) is 2.49. The van der Waals surface area contributed by atoms with Crippen molar-refractivity contribution in [3.63, 3.8) is 0 Å². The zero-order valence-electron chi connectivity index (χ0n) is 17.8. The van der Waals surface area contributed by atoms with Crippen molar-refractivity contribution in [2.75, 3.05) is 26.8 Å². The standard InChI is InChI=1S/C23H26N4O4/c1-16-5-3-7-19(13-16)30-12-10-20-25-22(31-26-20)18-6-4-11-27(15-18)23(28)17-8-9-21(29-2)24-14-17/h3,5,7-9,13-14,18H,4,6,10-12,15H2,1-2H3. The maximum absolute atomic E-state index is 12.8. The Morgan fingerprint density at radius 2 is 2.19 bits per heavy atom. The Hall–Kier alpha value is -3.42. The minimum atomic E-state index is -0.0499. The minimum Gasteiger partial charge on any atom is -0.493 e. The molecule has 1 aliphatic heterocycles. The predicted molar refractivity (Wildman–Crippen MR) is 113 cm³/mol. The Labute approximate surface area is 181 Å². The van der Waals surface area contributed by atoms with Crippen molar-refractivity contribution in [1.29, 1.82) is 0 Å². The lowest BCUT2D eigenvalue weighted by atomic mass is 9.97. The highest BCUT2D eigenvalue weighted by Gasteiger charge is 2.29. The fourth-order valence-electron chi connectivity index (χ4n) is 3.67. The van der Waals surface area contributed by atoms with Gasteiger partial charge in [0.15, 0.2) is 5.82 Å². The van der Waals surface area contributed by atoms with Crippen LogP contribution < -0.4 is 9.47 Å². The minimum absolute atomic E-state index is 0.0304. The molecule has 0 radical (unpaired) electrons. The first-order valence-electron chi connectivity index (χ1n) is 10.4. The fourth-order valence-corrected chi connectivity index (χ4v) is 3.67. The number of rotatable bonds is 7. The number of aryl methyl sites for hydroxylation is 1. The molecule has 1 saturated heterocycles. The number of pyridine rings is 1. The predicted octanol–water partition coefficient (Wildman–Crippen LogP) is 3.42. The van der Waals surface area contributed by atoms with Crippen molar-refractivity contribution in [1.82, 2.24) is 20.0 Å². The largest absolute Gasteiger partial charge is 0.493 e. The monoisotopic (exact) mass is 422 g/mol. The number of ether oxygens (including phenoxy) is 2. The average Bonchev–Trinajstić information content (AvgIpc) is 3.28. The average molecular weight is 422 g/mol. The quantitative estimate of drug-likeness (QED) is 0.576. The van der Waals surface area contributed by atoms with Crippen molar-refractivity contribution in [2.45, 2.75) is 32.1 Å². The molecule has 0 spiro atoms. The normalized spacial score (nSPS) is 16.2. The molecule has 8 heteroatoms. The van der Waals surface area contributed by atoms with Crippen LogP contribution in [0.2, 0.25) is 0 Å². The molecule has 0 N–H and O–H groups in total. The van der Waals surface area contributed by atoms with Crippen LogP contribution in [0.3, 0.4) is 0 Å². The Kier molecular flexibility index (Phi) is 6.45. The first kappa shape index (κ1) is 20.8. The second kappa shape index (κ2) is 9.59. The summed E-state index contributed by atoms with van der Waals surface area (Å²) in [6.45, 7) is 3.75. The lowest BCUT2D eigenvalue weighted by molar-refractivity contribution is 0.0695. The van der Waals surface area contributed by atoms with E-state index in [0.29, 0.717) is 49.3 Å². The maximum Gasteiger partial charge on any atom is 0.255 e. The third-order valence-electron chi connectivity index (χ3n) is 5.32. The Morgan fingerprint density at radius 1 is 1.29 bits per heavy atom. The second-order valence-corrected chi connectivity index (χ2v) is 7.64. The van der Waals surface area contributed by atoms with Crippen LogP contribution in [0, 0.1) is 6.92 Å². The van der Waals surface area contributed by atoms with Gasteiger partial charge in [0.1, 0.15) is 5.75 Å². The van der Waals surface area contributed by atoms with E-state index >= 15 is 0 Å². The smallest absolute Gasteiger partial charge is 0.255 e. The molecule has 3 aromatic rings. The molecule has 0 saturated carbocycles. The van der Waals surface area contributed by atoms with Crippen LogP contribution >= 0.6 is 0 Å². The van der Waals surface area contributed by atoms with Gasteiger partial charge in [0.2, 0.25) is 11.8 Å². The van der Waals surface area contributed by atoms with Crippen molar-refractivity contribution >= 4 is 5.91 Å². The lowest BCUT2D eigenvalue weighted by Gasteiger charge is -2.31. The number of carbonyl (C=O) groups is 1. The molecule has 0 bridgehead atoms. The molecule has 1 aromatic carbocycles. The van der Waals surface area contributed by atoms with Crippen molar-refractivity contribution < 1.29 is 18.8 Å². The molecule has 4 rings (SSSR count). The van der Waals surface area contributed by atoms with Crippen LogP contribution in [0.25, 0.3) is 0 Å². The first-order chi connectivity index (χ1) is 15.1. The third kappa shape index (κ3) is 5.20. The van der Waals surface area contributed by atoms with Gasteiger partial charge in [-0.05, 0) is 43.5 Å². The van der Waals surface area contributed by atoms with E-state index in [4.69, 9.17) is 14.0 Å². The number of hydrogen-bond acceptors (Lipinski definition) is 7. The van der Waals surface area contributed by atoms with Crippen LogP contribution in [0.4, 0.5) is 0 Å². The van der Waals surface area contributed by atoms with Crippen LogP contribution in [0.1, 0.15) is 46.4 Å². The number of likely N-dealkylation sites (tertiary alicyclic amines) is 1. The van der Waals surface area contributed by atoms with Gasteiger partial charge < -0.3 is 18.9 Å². The van der Waals surface area contributed by atoms with Crippen LogP contribution in [0.5, 0.6) is 11.6 Å². The summed E-state index contributed by atoms with van der Waals surface area (Å²) in [6.07, 6.45) is 3.90. The van der Waals surface area contributed by atoms with Gasteiger partial charge in [-0.2, -0.15) is 4.98 Å². The van der Waals surface area contributed by atoms with E-state index in [1.54, 1.807) is 25.4 Å². The van der Waals surface area contributed by atoms with E-state index in [1.165, 1.54) is 0 Å². The lowest BCUT2D eigenvalue weighted by Crippen LogP contribution is -2.39. The molecule has 1 fully saturated rings. The van der Waals surface area contributed by atoms with Gasteiger partial charge in [-0.1, -0.05) is 17.3 Å². The molecule has 8 nitrogen and oxygen atoms in total. The highest BCUT2D eigenvalue weighted by Crippen LogP contribution is 2.27. The Morgan fingerprint density at radius 3 is 2.97 bits per heavy atom. The molecule has 1 aliphatic rings. The summed E-state index contributed by atoms with van der Waals surface area (Å²) in [5.41, 5.74) is 1.70. The summed E-state index contributed by atoms with van der Waals surface area (Å²) >= 11 is 0. The van der Waals surface area contributed by atoms with Crippen LogP contribution in [-0.2, 0) is 6.42 Å². The van der Waals surface area contributed by atoms with E-state index < -0.39 is 0 Å². The van der Waals surface area contributed by atoms with Gasteiger partial charge >= 0.3 is 0 Å². The second-order valence-electron chi connectivity index (χ2n) is 7.64. The number of piperidine rings is 1. The van der Waals surface area contributed by atoms with Gasteiger partial charge in [-0.15, -0.1) is 0 Å². The van der Waals surface area contributed by atoms with E-state index in [1.807, 2.05) is 36.1 Å². The highest BCUT2D eigenvalue weighted by molar-refractivity contribution is 5.94. The molecule has 1 amide bonds. The number of carbonyl (C=O) groups excluding carboxylic acids is 1. The van der Waals surface area contributed by atoms with Crippen molar-refractivity contribution in [3.8, 4) is 11.6 Å². The zero-order valence-corrected chi connectivity index (χ0v) is 17.8. The first-order valence-corrected chi connectivity index (χ1v) is 10.4. The number of nitrogens with zero attached hydrogens (tertiary/aromatic N) is 4. The summed E-state index contributed by atoms with van der Waals surface area (Å²) in [5, 5.41) is 4.09. The number of methoxy groups -OCH3 is 1. The molecule has 162 valence electrons. The Balaban J connectivity index is 1.33. The topological polar surface area (TPSA) is 90.6 Å². The summed E-state index contributed by atoms with van der Waals surface area (Å²) in [4.78, 5) is 23.3. The molecule has 1 atom stereocenters. The molecule has 0 aliphatic carbocycles. The van der Waals surface area contributed by atoms with Gasteiger partial charge in [0.25, 0.3) is 5.91 Å².